The standard InChI is InChI=1S/C14H19NO2/c1-3-4-9-15(2)14(16)13-10-11-7-5-6-8-12(11)17-13/h5-8,13H,3-4,9-10H2,1-2H3. The summed E-state index contributed by atoms with van der Waals surface area (Å²) in [6.45, 7) is 2.94. The fourth-order valence-corrected chi connectivity index (χ4v) is 2.07. The van der Waals surface area contributed by atoms with E-state index in [4.69, 9.17) is 4.74 Å². The Morgan fingerprint density at radius 3 is 2.94 bits per heavy atom. The van der Waals surface area contributed by atoms with E-state index in [-0.39, 0.29) is 12.0 Å². The van der Waals surface area contributed by atoms with E-state index in [1.165, 1.54) is 0 Å². The highest BCUT2D eigenvalue weighted by atomic mass is 16.5. The van der Waals surface area contributed by atoms with Gasteiger partial charge in [0.25, 0.3) is 5.91 Å². The second-order valence-corrected chi connectivity index (χ2v) is 4.53. The van der Waals surface area contributed by atoms with Gasteiger partial charge in [0.2, 0.25) is 0 Å². The number of para-hydroxylation sites is 1. The van der Waals surface area contributed by atoms with E-state index < -0.39 is 0 Å². The van der Waals surface area contributed by atoms with Gasteiger partial charge in [-0.1, -0.05) is 31.5 Å². The van der Waals surface area contributed by atoms with E-state index in [1.54, 1.807) is 4.90 Å². The van der Waals surface area contributed by atoms with Crippen LogP contribution < -0.4 is 4.74 Å². The molecule has 0 aromatic heterocycles. The Morgan fingerprint density at radius 1 is 1.47 bits per heavy atom. The molecule has 1 heterocycles. The van der Waals surface area contributed by atoms with Crippen molar-refractivity contribution in [2.45, 2.75) is 32.3 Å². The first-order valence-corrected chi connectivity index (χ1v) is 6.22. The fraction of sp³-hybridized carbons (Fsp3) is 0.500. The minimum atomic E-state index is -0.325. The first-order chi connectivity index (χ1) is 8.22. The average Bonchev–Trinajstić information content (AvgIpc) is 2.78. The van der Waals surface area contributed by atoms with Crippen molar-refractivity contribution in [3.05, 3.63) is 29.8 Å². The molecule has 1 aliphatic rings. The lowest BCUT2D eigenvalue weighted by Crippen LogP contribution is -2.39. The molecule has 0 aliphatic carbocycles. The van der Waals surface area contributed by atoms with E-state index in [9.17, 15) is 4.79 Å². The molecule has 0 saturated heterocycles. The molecular weight excluding hydrogens is 214 g/mol. The third-order valence-electron chi connectivity index (χ3n) is 3.15. The third-order valence-corrected chi connectivity index (χ3v) is 3.15. The van der Waals surface area contributed by atoms with Gasteiger partial charge >= 0.3 is 0 Å². The summed E-state index contributed by atoms with van der Waals surface area (Å²) >= 11 is 0. The van der Waals surface area contributed by atoms with Crippen molar-refractivity contribution in [1.82, 2.24) is 4.90 Å². The lowest BCUT2D eigenvalue weighted by atomic mass is 10.1. The number of likely N-dealkylation sites (N-methyl/N-ethyl adjacent to an activating group) is 1. The summed E-state index contributed by atoms with van der Waals surface area (Å²) in [5.41, 5.74) is 1.13. The Labute approximate surface area is 102 Å². The second-order valence-electron chi connectivity index (χ2n) is 4.53. The number of amides is 1. The first-order valence-electron chi connectivity index (χ1n) is 6.22. The van der Waals surface area contributed by atoms with Gasteiger partial charge in [-0.05, 0) is 18.1 Å². The third kappa shape index (κ3) is 2.60. The monoisotopic (exact) mass is 233 g/mol. The van der Waals surface area contributed by atoms with Crippen molar-refractivity contribution < 1.29 is 9.53 Å². The van der Waals surface area contributed by atoms with Crippen LogP contribution in [0.4, 0.5) is 0 Å². The molecule has 1 unspecified atom stereocenters. The molecule has 92 valence electrons. The van der Waals surface area contributed by atoms with Crippen molar-refractivity contribution in [3.63, 3.8) is 0 Å². The summed E-state index contributed by atoms with van der Waals surface area (Å²) in [7, 11) is 1.85. The van der Waals surface area contributed by atoms with Gasteiger partial charge in [-0.2, -0.15) is 0 Å². The van der Waals surface area contributed by atoms with Gasteiger partial charge in [0.1, 0.15) is 5.75 Å². The van der Waals surface area contributed by atoms with Crippen LogP contribution in [0.5, 0.6) is 5.75 Å². The molecular formula is C14H19NO2. The van der Waals surface area contributed by atoms with Crippen molar-refractivity contribution in [2.24, 2.45) is 0 Å². The SMILES string of the molecule is CCCCN(C)C(=O)C1Cc2ccccc2O1. The Balaban J connectivity index is 1.96. The molecule has 0 fully saturated rings. The van der Waals surface area contributed by atoms with Crippen molar-refractivity contribution in [2.75, 3.05) is 13.6 Å². The summed E-state index contributed by atoms with van der Waals surface area (Å²) in [5, 5.41) is 0. The van der Waals surface area contributed by atoms with E-state index >= 15 is 0 Å². The molecule has 0 radical (unpaired) electrons. The lowest BCUT2D eigenvalue weighted by Gasteiger charge is -2.20. The van der Waals surface area contributed by atoms with E-state index in [0.29, 0.717) is 6.42 Å². The number of carbonyl (C=O) groups is 1. The number of hydrogen-bond donors (Lipinski definition) is 0. The molecule has 1 aromatic rings. The number of carbonyl (C=O) groups excluding carboxylic acids is 1. The van der Waals surface area contributed by atoms with Gasteiger partial charge in [-0.3, -0.25) is 4.79 Å². The predicted molar refractivity (Wildman–Crippen MR) is 67.1 cm³/mol. The summed E-state index contributed by atoms with van der Waals surface area (Å²) in [4.78, 5) is 13.9. The van der Waals surface area contributed by atoms with Gasteiger partial charge in [-0.15, -0.1) is 0 Å². The summed E-state index contributed by atoms with van der Waals surface area (Å²) in [6, 6.07) is 7.87. The highest BCUT2D eigenvalue weighted by Gasteiger charge is 2.30. The fourth-order valence-electron chi connectivity index (χ4n) is 2.07. The highest BCUT2D eigenvalue weighted by molar-refractivity contribution is 5.82. The molecule has 3 nitrogen and oxygen atoms in total. The maximum atomic E-state index is 12.1. The average molecular weight is 233 g/mol. The number of nitrogens with zero attached hydrogens (tertiary/aromatic N) is 1. The molecule has 3 heteroatoms. The van der Waals surface area contributed by atoms with Crippen molar-refractivity contribution in [3.8, 4) is 5.75 Å². The zero-order chi connectivity index (χ0) is 12.3. The predicted octanol–water partition coefficient (Wildman–Crippen LogP) is 2.25. The Kier molecular flexibility index (Phi) is 3.67. The Morgan fingerprint density at radius 2 is 2.24 bits per heavy atom. The van der Waals surface area contributed by atoms with Crippen LogP contribution in [0.2, 0.25) is 0 Å². The largest absolute Gasteiger partial charge is 0.480 e. The first kappa shape index (κ1) is 12.0. The van der Waals surface area contributed by atoms with Crippen LogP contribution in [-0.4, -0.2) is 30.5 Å². The molecule has 0 spiro atoms. The molecule has 1 amide bonds. The minimum absolute atomic E-state index is 0.0923. The molecule has 1 atom stereocenters. The lowest BCUT2D eigenvalue weighted by molar-refractivity contribution is -0.136. The zero-order valence-corrected chi connectivity index (χ0v) is 10.5. The summed E-state index contributed by atoms with van der Waals surface area (Å²) < 4.78 is 5.68. The van der Waals surface area contributed by atoms with E-state index in [1.807, 2.05) is 31.3 Å². The van der Waals surface area contributed by atoms with Crippen molar-refractivity contribution in [1.29, 1.82) is 0 Å². The van der Waals surface area contributed by atoms with Crippen LogP contribution in [-0.2, 0) is 11.2 Å². The molecule has 0 bridgehead atoms. The minimum Gasteiger partial charge on any atom is -0.480 e. The van der Waals surface area contributed by atoms with Crippen LogP contribution >= 0.6 is 0 Å². The number of rotatable bonds is 4. The zero-order valence-electron chi connectivity index (χ0n) is 10.5. The normalized spacial score (nSPS) is 17.4. The summed E-state index contributed by atoms with van der Waals surface area (Å²) in [5.74, 6) is 0.949. The van der Waals surface area contributed by atoms with Crippen LogP contribution in [0.1, 0.15) is 25.3 Å². The van der Waals surface area contributed by atoms with Gasteiger partial charge in [-0.25, -0.2) is 0 Å². The van der Waals surface area contributed by atoms with Gasteiger partial charge in [0.05, 0.1) is 0 Å². The molecule has 2 rings (SSSR count). The molecule has 17 heavy (non-hydrogen) atoms. The van der Waals surface area contributed by atoms with Gasteiger partial charge in [0.15, 0.2) is 6.10 Å². The Bertz CT molecular complexity index is 378. The van der Waals surface area contributed by atoms with Gasteiger partial charge in [0, 0.05) is 20.0 Å². The molecule has 1 aliphatic heterocycles. The molecule has 1 aromatic carbocycles. The molecule has 0 N–H and O–H groups in total. The Hall–Kier alpha value is -1.51. The topological polar surface area (TPSA) is 29.5 Å². The maximum Gasteiger partial charge on any atom is 0.263 e. The van der Waals surface area contributed by atoms with Crippen LogP contribution in [0.25, 0.3) is 0 Å². The number of hydrogen-bond acceptors (Lipinski definition) is 2. The number of ether oxygens (including phenoxy) is 1. The maximum absolute atomic E-state index is 12.1. The molecule has 0 saturated carbocycles. The van der Waals surface area contributed by atoms with Crippen LogP contribution in [0.15, 0.2) is 24.3 Å². The highest BCUT2D eigenvalue weighted by Crippen LogP contribution is 2.28. The quantitative estimate of drug-likeness (QED) is 0.798. The van der Waals surface area contributed by atoms with E-state index in [0.717, 1.165) is 30.7 Å². The van der Waals surface area contributed by atoms with Crippen molar-refractivity contribution >= 4 is 5.91 Å². The van der Waals surface area contributed by atoms with E-state index in [2.05, 4.69) is 6.92 Å². The van der Waals surface area contributed by atoms with Crippen LogP contribution in [0, 0.1) is 0 Å². The number of benzene rings is 1. The smallest absolute Gasteiger partial charge is 0.263 e. The summed E-state index contributed by atoms with van der Waals surface area (Å²) in [6.07, 6.45) is 2.52. The number of unbranched alkanes of at least 4 members (excludes halogenated alkanes) is 1. The number of fused-ring (bicyclic) bond motifs is 1. The van der Waals surface area contributed by atoms with Crippen LogP contribution in [0.3, 0.4) is 0 Å². The van der Waals surface area contributed by atoms with Gasteiger partial charge < -0.3 is 9.64 Å². The second kappa shape index (κ2) is 5.21.